The average molecular weight is 256 g/mol. The first kappa shape index (κ1) is 15.1. The van der Waals surface area contributed by atoms with Gasteiger partial charge in [0.1, 0.15) is 0 Å². The molecule has 1 rings (SSSR count). The number of nitrogens with zero attached hydrogens (tertiary/aromatic N) is 1. The minimum atomic E-state index is -2.68. The monoisotopic (exact) mass is 256 g/mol. The van der Waals surface area contributed by atoms with E-state index in [1.807, 2.05) is 42.2 Å². The second kappa shape index (κ2) is 7.44. The van der Waals surface area contributed by atoms with E-state index in [-0.39, 0.29) is 13.1 Å². The molecule has 2 nitrogen and oxygen atoms in total. The molecular formula is C14H22F2N2. The Kier molecular flexibility index (Phi) is 6.22. The van der Waals surface area contributed by atoms with Crippen molar-refractivity contribution < 1.29 is 8.78 Å². The first-order chi connectivity index (χ1) is 8.57. The lowest BCUT2D eigenvalue weighted by Crippen LogP contribution is -2.42. The summed E-state index contributed by atoms with van der Waals surface area (Å²) in [5.74, 6) is -2.68. The van der Waals surface area contributed by atoms with E-state index in [2.05, 4.69) is 5.32 Å². The van der Waals surface area contributed by atoms with E-state index in [1.165, 1.54) is 0 Å². The summed E-state index contributed by atoms with van der Waals surface area (Å²) >= 11 is 0. The second-order valence-electron chi connectivity index (χ2n) is 4.58. The molecule has 0 radical (unpaired) electrons. The van der Waals surface area contributed by atoms with E-state index in [0.29, 0.717) is 13.1 Å². The van der Waals surface area contributed by atoms with Crippen LogP contribution in [0.2, 0.25) is 0 Å². The Hall–Kier alpha value is -1.00. The summed E-state index contributed by atoms with van der Waals surface area (Å²) in [5, 5.41) is 2.54. The summed E-state index contributed by atoms with van der Waals surface area (Å²) in [5.41, 5.74) is 1.08. The number of alkyl halides is 2. The molecule has 1 aromatic carbocycles. The lowest BCUT2D eigenvalue weighted by molar-refractivity contribution is -0.0311. The van der Waals surface area contributed by atoms with Crippen LogP contribution in [0.5, 0.6) is 0 Å². The first-order valence-corrected chi connectivity index (χ1v) is 6.36. The van der Waals surface area contributed by atoms with Crippen molar-refractivity contribution in [2.45, 2.75) is 25.8 Å². The summed E-state index contributed by atoms with van der Waals surface area (Å²) in [6, 6.07) is 9.75. The van der Waals surface area contributed by atoms with E-state index in [1.54, 1.807) is 7.05 Å². The third-order valence-corrected chi connectivity index (χ3v) is 2.68. The van der Waals surface area contributed by atoms with Gasteiger partial charge < -0.3 is 5.32 Å². The lowest BCUT2D eigenvalue weighted by Gasteiger charge is -2.27. The summed E-state index contributed by atoms with van der Waals surface area (Å²) in [6.45, 7) is 2.80. The van der Waals surface area contributed by atoms with Gasteiger partial charge in [0.25, 0.3) is 5.92 Å². The zero-order valence-corrected chi connectivity index (χ0v) is 11.1. The van der Waals surface area contributed by atoms with Crippen LogP contribution in [0.25, 0.3) is 0 Å². The minimum Gasteiger partial charge on any atom is -0.314 e. The van der Waals surface area contributed by atoms with Crippen LogP contribution in [0.1, 0.15) is 18.9 Å². The molecule has 0 saturated carbocycles. The van der Waals surface area contributed by atoms with Gasteiger partial charge in [0.05, 0.1) is 13.1 Å². The maximum Gasteiger partial charge on any atom is 0.272 e. The Morgan fingerprint density at radius 3 is 2.44 bits per heavy atom. The van der Waals surface area contributed by atoms with Gasteiger partial charge in [-0.1, -0.05) is 37.3 Å². The van der Waals surface area contributed by atoms with Gasteiger partial charge in [-0.15, -0.1) is 0 Å². The standard InChI is InChI=1S/C14H22F2N2/c1-3-9-18(12-14(15,16)11-17-2)10-13-7-5-4-6-8-13/h4-8,17H,3,9-12H2,1-2H3. The molecule has 0 aliphatic carbocycles. The van der Waals surface area contributed by atoms with Crippen LogP contribution in [0.4, 0.5) is 8.78 Å². The fourth-order valence-corrected chi connectivity index (χ4v) is 2.01. The average Bonchev–Trinajstić information content (AvgIpc) is 2.29. The number of hydrogen-bond donors (Lipinski definition) is 1. The molecule has 0 bridgehead atoms. The Morgan fingerprint density at radius 1 is 1.22 bits per heavy atom. The Labute approximate surface area is 108 Å². The number of benzene rings is 1. The van der Waals surface area contributed by atoms with Crippen LogP contribution in [0.3, 0.4) is 0 Å². The highest BCUT2D eigenvalue weighted by atomic mass is 19.3. The SMILES string of the molecule is CCCN(Cc1ccccc1)CC(F)(F)CNC. The van der Waals surface area contributed by atoms with E-state index >= 15 is 0 Å². The minimum absolute atomic E-state index is 0.198. The van der Waals surface area contributed by atoms with Crippen LogP contribution >= 0.6 is 0 Å². The van der Waals surface area contributed by atoms with Crippen molar-refractivity contribution in [1.82, 2.24) is 10.2 Å². The van der Waals surface area contributed by atoms with Gasteiger partial charge in [0.15, 0.2) is 0 Å². The quantitative estimate of drug-likeness (QED) is 0.769. The molecule has 0 saturated heterocycles. The van der Waals surface area contributed by atoms with Gasteiger partial charge in [-0.25, -0.2) is 8.78 Å². The molecule has 0 aromatic heterocycles. The third kappa shape index (κ3) is 5.56. The van der Waals surface area contributed by atoms with Crippen molar-refractivity contribution in [3.8, 4) is 0 Å². The van der Waals surface area contributed by atoms with Gasteiger partial charge in [0.2, 0.25) is 0 Å². The Bertz CT molecular complexity index is 328. The Balaban J connectivity index is 2.60. The van der Waals surface area contributed by atoms with E-state index < -0.39 is 5.92 Å². The normalized spacial score (nSPS) is 12.1. The predicted octanol–water partition coefficient (Wildman–Crippen LogP) is 2.75. The highest BCUT2D eigenvalue weighted by Gasteiger charge is 2.30. The van der Waals surface area contributed by atoms with Crippen molar-refractivity contribution in [3.63, 3.8) is 0 Å². The third-order valence-electron chi connectivity index (χ3n) is 2.68. The number of halogens is 2. The first-order valence-electron chi connectivity index (χ1n) is 6.36. The zero-order chi connectivity index (χ0) is 13.4. The van der Waals surface area contributed by atoms with Gasteiger partial charge in [0, 0.05) is 6.54 Å². The second-order valence-corrected chi connectivity index (χ2v) is 4.58. The molecule has 0 amide bonds. The number of nitrogens with one attached hydrogen (secondary N) is 1. The zero-order valence-electron chi connectivity index (χ0n) is 11.1. The summed E-state index contributed by atoms with van der Waals surface area (Å²) in [4.78, 5) is 1.81. The van der Waals surface area contributed by atoms with E-state index in [9.17, 15) is 8.78 Å². The summed E-state index contributed by atoms with van der Waals surface area (Å²) in [6.07, 6.45) is 0.877. The smallest absolute Gasteiger partial charge is 0.272 e. The largest absolute Gasteiger partial charge is 0.314 e. The molecule has 0 spiro atoms. The number of rotatable bonds is 8. The van der Waals surface area contributed by atoms with E-state index in [4.69, 9.17) is 0 Å². The maximum atomic E-state index is 13.6. The summed E-state index contributed by atoms with van der Waals surface area (Å²) < 4.78 is 27.2. The molecule has 0 fully saturated rings. The fraction of sp³-hybridized carbons (Fsp3) is 0.571. The molecule has 1 N–H and O–H groups in total. The van der Waals surface area contributed by atoms with Gasteiger partial charge in [-0.2, -0.15) is 0 Å². The van der Waals surface area contributed by atoms with Crippen molar-refractivity contribution in [1.29, 1.82) is 0 Å². The molecule has 18 heavy (non-hydrogen) atoms. The van der Waals surface area contributed by atoms with Crippen LogP contribution < -0.4 is 5.32 Å². The van der Waals surface area contributed by atoms with Gasteiger partial charge in [-0.3, -0.25) is 4.90 Å². The fourth-order valence-electron chi connectivity index (χ4n) is 2.01. The van der Waals surface area contributed by atoms with Gasteiger partial charge in [-0.05, 0) is 25.6 Å². The molecule has 1 aromatic rings. The molecule has 0 aliphatic heterocycles. The molecule has 0 aliphatic rings. The molecule has 0 atom stereocenters. The maximum absolute atomic E-state index is 13.6. The molecule has 102 valence electrons. The van der Waals surface area contributed by atoms with E-state index in [0.717, 1.165) is 12.0 Å². The highest BCUT2D eigenvalue weighted by Crippen LogP contribution is 2.16. The lowest BCUT2D eigenvalue weighted by atomic mass is 10.2. The van der Waals surface area contributed by atoms with Crippen LogP contribution in [-0.2, 0) is 6.54 Å². The predicted molar refractivity (Wildman–Crippen MR) is 70.9 cm³/mol. The summed E-state index contributed by atoms with van der Waals surface area (Å²) in [7, 11) is 1.55. The number of hydrogen-bond acceptors (Lipinski definition) is 2. The van der Waals surface area contributed by atoms with Crippen LogP contribution in [0.15, 0.2) is 30.3 Å². The van der Waals surface area contributed by atoms with Crippen molar-refractivity contribution in [3.05, 3.63) is 35.9 Å². The van der Waals surface area contributed by atoms with Crippen molar-refractivity contribution in [2.24, 2.45) is 0 Å². The van der Waals surface area contributed by atoms with Gasteiger partial charge >= 0.3 is 0 Å². The Morgan fingerprint density at radius 2 is 1.89 bits per heavy atom. The highest BCUT2D eigenvalue weighted by molar-refractivity contribution is 5.14. The molecule has 4 heteroatoms. The topological polar surface area (TPSA) is 15.3 Å². The van der Waals surface area contributed by atoms with Crippen molar-refractivity contribution in [2.75, 3.05) is 26.7 Å². The van der Waals surface area contributed by atoms with Crippen molar-refractivity contribution >= 4 is 0 Å². The van der Waals surface area contributed by atoms with Crippen LogP contribution in [0, 0.1) is 0 Å². The molecular weight excluding hydrogens is 234 g/mol. The molecule has 0 heterocycles. The molecule has 0 unspecified atom stereocenters. The van der Waals surface area contributed by atoms with Crippen LogP contribution in [-0.4, -0.2) is 37.5 Å².